The van der Waals surface area contributed by atoms with E-state index >= 15 is 0 Å². The molecule has 1 heterocycles. The zero-order valence-electron chi connectivity index (χ0n) is 13.2. The predicted octanol–water partition coefficient (Wildman–Crippen LogP) is 4.36. The highest BCUT2D eigenvalue weighted by Crippen LogP contribution is 2.26. The van der Waals surface area contributed by atoms with Crippen LogP contribution in [0.25, 0.3) is 11.1 Å². The van der Waals surface area contributed by atoms with Crippen LogP contribution in [0.5, 0.6) is 0 Å². The third-order valence-electron chi connectivity index (χ3n) is 4.43. The normalized spacial score (nSPS) is 16.6. The van der Waals surface area contributed by atoms with E-state index < -0.39 is 0 Å². The van der Waals surface area contributed by atoms with Gasteiger partial charge in [-0.3, -0.25) is 9.80 Å². The van der Waals surface area contributed by atoms with Gasteiger partial charge < -0.3 is 0 Å². The van der Waals surface area contributed by atoms with Crippen LogP contribution in [0.1, 0.15) is 5.56 Å². The monoisotopic (exact) mass is 348 g/mol. The Balaban J connectivity index is 1.70. The summed E-state index contributed by atoms with van der Waals surface area (Å²) in [5.41, 5.74) is 3.90. The maximum Gasteiger partial charge on any atom is 0.0406 e. The van der Waals surface area contributed by atoms with E-state index in [1.807, 2.05) is 12.1 Å². The molecule has 0 spiro atoms. The van der Waals surface area contributed by atoms with Crippen LogP contribution in [0.2, 0.25) is 5.02 Å². The lowest BCUT2D eigenvalue weighted by Gasteiger charge is -2.34. The van der Waals surface area contributed by atoms with E-state index in [0.717, 1.165) is 50.2 Å². The Kier molecular flexibility index (Phi) is 5.96. The van der Waals surface area contributed by atoms with Crippen LogP contribution in [0, 0.1) is 0 Å². The van der Waals surface area contributed by atoms with Crippen molar-refractivity contribution in [3.8, 4) is 11.1 Å². The molecule has 0 unspecified atom stereocenters. The van der Waals surface area contributed by atoms with E-state index in [2.05, 4.69) is 46.2 Å². The zero-order valence-corrected chi connectivity index (χ0v) is 14.7. The molecule has 0 atom stereocenters. The number of hydrogen-bond acceptors (Lipinski definition) is 2. The third kappa shape index (κ3) is 4.48. The first-order chi connectivity index (χ1) is 11.3. The summed E-state index contributed by atoms with van der Waals surface area (Å²) in [7, 11) is 0. The summed E-state index contributed by atoms with van der Waals surface area (Å²) in [6.45, 7) is 6.41. The number of nitrogens with zero attached hydrogens (tertiary/aromatic N) is 2. The quantitative estimate of drug-likeness (QED) is 0.740. The maximum absolute atomic E-state index is 6.01. The molecule has 2 nitrogen and oxygen atoms in total. The van der Waals surface area contributed by atoms with Crippen LogP contribution in [0.15, 0.2) is 48.5 Å². The molecule has 0 N–H and O–H groups in total. The predicted molar refractivity (Wildman–Crippen MR) is 99.3 cm³/mol. The van der Waals surface area contributed by atoms with Crippen molar-refractivity contribution in [3.63, 3.8) is 0 Å². The summed E-state index contributed by atoms with van der Waals surface area (Å²) in [5.74, 6) is 0.722. The lowest BCUT2D eigenvalue weighted by atomic mass is 9.99. The molecule has 0 saturated carbocycles. The second-order valence-corrected chi connectivity index (χ2v) is 6.79. The molecule has 1 aliphatic rings. The summed E-state index contributed by atoms with van der Waals surface area (Å²) < 4.78 is 0. The van der Waals surface area contributed by atoms with Crippen molar-refractivity contribution in [3.05, 3.63) is 59.1 Å². The van der Waals surface area contributed by atoms with E-state index in [4.69, 9.17) is 23.2 Å². The van der Waals surface area contributed by atoms with Crippen LogP contribution >= 0.6 is 23.2 Å². The number of hydrogen-bond donors (Lipinski definition) is 0. The van der Waals surface area contributed by atoms with Gasteiger partial charge in [0.05, 0.1) is 0 Å². The molecule has 0 aliphatic carbocycles. The van der Waals surface area contributed by atoms with Crippen LogP contribution in [0.4, 0.5) is 0 Å². The molecule has 0 amide bonds. The van der Waals surface area contributed by atoms with E-state index in [-0.39, 0.29) is 0 Å². The highest BCUT2D eigenvalue weighted by molar-refractivity contribution is 6.30. The Morgan fingerprint density at radius 2 is 1.48 bits per heavy atom. The average molecular weight is 349 g/mol. The molecular weight excluding hydrogens is 327 g/mol. The topological polar surface area (TPSA) is 6.48 Å². The minimum absolute atomic E-state index is 0.722. The highest BCUT2D eigenvalue weighted by atomic mass is 35.5. The van der Waals surface area contributed by atoms with Gasteiger partial charge in [0.15, 0.2) is 0 Å². The van der Waals surface area contributed by atoms with Gasteiger partial charge in [-0.05, 0) is 28.8 Å². The van der Waals surface area contributed by atoms with E-state index in [1.165, 1.54) is 16.7 Å². The fraction of sp³-hybridized carbons (Fsp3) is 0.368. The smallest absolute Gasteiger partial charge is 0.0406 e. The molecule has 122 valence electrons. The van der Waals surface area contributed by atoms with Gasteiger partial charge in [0, 0.05) is 50.2 Å². The molecule has 0 aromatic heterocycles. The molecule has 1 fully saturated rings. The van der Waals surface area contributed by atoms with E-state index in [0.29, 0.717) is 0 Å². The second kappa shape index (κ2) is 8.16. The summed E-state index contributed by atoms with van der Waals surface area (Å²) in [4.78, 5) is 4.97. The van der Waals surface area contributed by atoms with E-state index in [1.54, 1.807) is 0 Å². The average Bonchev–Trinajstić information content (AvgIpc) is 2.58. The van der Waals surface area contributed by atoms with Crippen LogP contribution in [0.3, 0.4) is 0 Å². The summed E-state index contributed by atoms with van der Waals surface area (Å²) in [6.07, 6.45) is 0. The zero-order chi connectivity index (χ0) is 16.1. The first kappa shape index (κ1) is 16.8. The largest absolute Gasteiger partial charge is 0.300 e. The van der Waals surface area contributed by atoms with Crippen LogP contribution in [-0.4, -0.2) is 48.4 Å². The molecule has 4 heteroatoms. The third-order valence-corrected chi connectivity index (χ3v) is 4.85. The fourth-order valence-corrected chi connectivity index (χ4v) is 3.47. The van der Waals surface area contributed by atoms with Crippen molar-refractivity contribution >= 4 is 23.2 Å². The molecule has 1 saturated heterocycles. The molecule has 3 rings (SSSR count). The second-order valence-electron chi connectivity index (χ2n) is 5.97. The minimum Gasteiger partial charge on any atom is -0.300 e. The molecule has 0 bridgehead atoms. The maximum atomic E-state index is 6.01. The van der Waals surface area contributed by atoms with Crippen molar-refractivity contribution < 1.29 is 0 Å². The van der Waals surface area contributed by atoms with Crippen molar-refractivity contribution in [1.82, 2.24) is 9.80 Å². The lowest BCUT2D eigenvalue weighted by molar-refractivity contribution is 0.132. The summed E-state index contributed by atoms with van der Waals surface area (Å²) >= 11 is 11.8. The van der Waals surface area contributed by atoms with Gasteiger partial charge in [0.2, 0.25) is 0 Å². The van der Waals surface area contributed by atoms with Gasteiger partial charge in [0.1, 0.15) is 0 Å². The highest BCUT2D eigenvalue weighted by Gasteiger charge is 2.17. The molecule has 2 aromatic rings. The molecule has 0 radical (unpaired) electrons. The first-order valence-corrected chi connectivity index (χ1v) is 9.02. The minimum atomic E-state index is 0.722. The van der Waals surface area contributed by atoms with E-state index in [9.17, 15) is 0 Å². The van der Waals surface area contributed by atoms with Crippen LogP contribution < -0.4 is 0 Å². The van der Waals surface area contributed by atoms with Gasteiger partial charge in [-0.25, -0.2) is 0 Å². The van der Waals surface area contributed by atoms with Crippen molar-refractivity contribution in [2.45, 2.75) is 6.54 Å². The Bertz CT molecular complexity index is 620. The molecule has 1 aliphatic heterocycles. The first-order valence-electron chi connectivity index (χ1n) is 8.11. The Hall–Kier alpha value is -1.06. The molecule has 23 heavy (non-hydrogen) atoms. The van der Waals surface area contributed by atoms with Crippen molar-refractivity contribution in [2.75, 3.05) is 38.6 Å². The number of piperazine rings is 1. The van der Waals surface area contributed by atoms with Crippen molar-refractivity contribution in [2.24, 2.45) is 0 Å². The van der Waals surface area contributed by atoms with Gasteiger partial charge >= 0.3 is 0 Å². The van der Waals surface area contributed by atoms with Gasteiger partial charge in [-0.2, -0.15) is 0 Å². The number of benzene rings is 2. The molecular formula is C19H22Cl2N2. The van der Waals surface area contributed by atoms with Crippen molar-refractivity contribution in [1.29, 1.82) is 0 Å². The number of halogens is 2. The van der Waals surface area contributed by atoms with Crippen LogP contribution in [-0.2, 0) is 6.54 Å². The standard InChI is InChI=1S/C19H22Cl2N2/c20-9-10-22-11-13-23(14-12-22)15-17-3-1-2-4-19(17)16-5-7-18(21)8-6-16/h1-8H,9-15H2. The summed E-state index contributed by atoms with van der Waals surface area (Å²) in [6, 6.07) is 16.8. The Labute approximate surface area is 148 Å². The Morgan fingerprint density at radius 3 is 2.17 bits per heavy atom. The van der Waals surface area contributed by atoms with Gasteiger partial charge in [-0.15, -0.1) is 11.6 Å². The lowest BCUT2D eigenvalue weighted by Crippen LogP contribution is -2.46. The van der Waals surface area contributed by atoms with Gasteiger partial charge in [-0.1, -0.05) is 48.0 Å². The SMILES string of the molecule is ClCCN1CCN(Cc2ccccc2-c2ccc(Cl)cc2)CC1. The Morgan fingerprint density at radius 1 is 0.826 bits per heavy atom. The number of alkyl halides is 1. The molecule has 2 aromatic carbocycles. The number of rotatable bonds is 5. The van der Waals surface area contributed by atoms with Gasteiger partial charge in [0.25, 0.3) is 0 Å². The summed E-state index contributed by atoms with van der Waals surface area (Å²) in [5, 5.41) is 0.779. The fourth-order valence-electron chi connectivity index (χ4n) is 3.10.